The molecule has 2 aliphatic carbocycles. The van der Waals surface area contributed by atoms with E-state index in [9.17, 15) is 4.79 Å². The predicted molar refractivity (Wildman–Crippen MR) is 124 cm³/mol. The third-order valence-corrected chi connectivity index (χ3v) is 7.98. The van der Waals surface area contributed by atoms with Gasteiger partial charge in [0, 0.05) is 25.0 Å². The van der Waals surface area contributed by atoms with E-state index >= 15 is 0 Å². The van der Waals surface area contributed by atoms with E-state index in [2.05, 4.69) is 53.2 Å². The van der Waals surface area contributed by atoms with Crippen LogP contribution in [0.25, 0.3) is 0 Å². The zero-order valence-corrected chi connectivity index (χ0v) is 19.0. The molecule has 1 unspecified atom stereocenters. The van der Waals surface area contributed by atoms with Crippen molar-refractivity contribution in [2.24, 2.45) is 22.7 Å². The number of anilines is 1. The molecule has 4 aliphatic rings. The molecule has 7 heteroatoms. The van der Waals surface area contributed by atoms with Gasteiger partial charge in [0.2, 0.25) is 0 Å². The second-order valence-corrected chi connectivity index (χ2v) is 9.96. The highest BCUT2D eigenvalue weighted by Crippen LogP contribution is 2.51. The quantitative estimate of drug-likeness (QED) is 0.791. The number of piperidine rings is 1. The van der Waals surface area contributed by atoms with Crippen molar-refractivity contribution in [1.29, 1.82) is 0 Å². The maximum Gasteiger partial charge on any atom is 0.255 e. The van der Waals surface area contributed by atoms with E-state index in [1.54, 1.807) is 6.20 Å². The summed E-state index contributed by atoms with van der Waals surface area (Å²) >= 11 is 0. The second kappa shape index (κ2) is 7.29. The molecule has 2 aromatic heterocycles. The zero-order chi connectivity index (χ0) is 22.0. The van der Waals surface area contributed by atoms with E-state index < -0.39 is 0 Å². The highest BCUT2D eigenvalue weighted by Gasteiger charge is 2.52. The largest absolute Gasteiger partial charge is 0.356 e. The summed E-state index contributed by atoms with van der Waals surface area (Å²) in [6.07, 6.45) is 5.41. The van der Waals surface area contributed by atoms with Crippen LogP contribution in [-0.2, 0) is 6.54 Å². The molecule has 3 fully saturated rings. The van der Waals surface area contributed by atoms with Crippen molar-refractivity contribution in [1.82, 2.24) is 20.1 Å². The minimum atomic E-state index is -0.0817. The molecule has 2 saturated carbocycles. The molecule has 1 amide bonds. The lowest BCUT2D eigenvalue weighted by Crippen LogP contribution is -2.37. The van der Waals surface area contributed by atoms with Crippen molar-refractivity contribution in [3.8, 4) is 0 Å². The van der Waals surface area contributed by atoms with Crippen LogP contribution < -0.4 is 10.2 Å². The topological polar surface area (TPSA) is 75.4 Å². The van der Waals surface area contributed by atoms with Crippen LogP contribution in [0.15, 0.2) is 40.7 Å². The molecule has 0 aromatic carbocycles. The summed E-state index contributed by atoms with van der Waals surface area (Å²) in [6.45, 7) is 10.2. The molecular formula is C25H30N6O. The maximum absolute atomic E-state index is 12.8. The first-order valence-corrected chi connectivity index (χ1v) is 11.8. The number of carbonyl (C=O) groups excluding carboxylic acids is 1. The number of nitrogens with zero attached hydrogens (tertiary/aromatic N) is 5. The molecule has 1 saturated heterocycles. The van der Waals surface area contributed by atoms with Gasteiger partial charge in [-0.25, -0.2) is 4.98 Å². The van der Waals surface area contributed by atoms with Gasteiger partial charge in [0.15, 0.2) is 0 Å². The Kier molecular flexibility index (Phi) is 4.49. The van der Waals surface area contributed by atoms with Crippen LogP contribution in [0.2, 0.25) is 0 Å². The number of nitrogens with one attached hydrogen (secondary N) is 1. The lowest BCUT2D eigenvalue weighted by atomic mass is 10.1. The first-order chi connectivity index (χ1) is 15.5. The van der Waals surface area contributed by atoms with Gasteiger partial charge in [0.25, 0.3) is 5.91 Å². The molecule has 1 N–H and O–H groups in total. The van der Waals surface area contributed by atoms with Crippen LogP contribution >= 0.6 is 0 Å². The number of rotatable bonds is 5. The average Bonchev–Trinajstić information content (AvgIpc) is 3.36. The highest BCUT2D eigenvalue weighted by atomic mass is 16.1. The summed E-state index contributed by atoms with van der Waals surface area (Å²) in [5.74, 6) is 3.62. The Hall–Kier alpha value is -2.96. The van der Waals surface area contributed by atoms with E-state index in [1.165, 1.54) is 11.1 Å². The number of hydrogen-bond donors (Lipinski definition) is 1. The number of pyridine rings is 1. The molecule has 2 aliphatic heterocycles. The van der Waals surface area contributed by atoms with E-state index in [0.717, 1.165) is 73.0 Å². The van der Waals surface area contributed by atoms with E-state index in [1.807, 2.05) is 10.9 Å². The van der Waals surface area contributed by atoms with Crippen molar-refractivity contribution >= 4 is 17.4 Å². The number of aliphatic imine (C=N–C) groups is 1. The number of amides is 1. The third-order valence-electron chi connectivity index (χ3n) is 7.98. The standard InChI is InChI=1S/C25H30N6O/c1-14-8-26-24-19(14)5-6-22(24)29-25(32)18-9-27-31(11-18)10-17-4-7-23(28-16(17)3)30-12-20-15(2)21(20)13-30/h4,7,9,11,15,20-22H,5-6,8,10,12-13H2,1-3H3,(H,29,32)/t15?,20-,21+,22-/m1/s1. The highest BCUT2D eigenvalue weighted by molar-refractivity contribution is 6.10. The second-order valence-electron chi connectivity index (χ2n) is 9.96. The first kappa shape index (κ1) is 19.7. The molecule has 4 heterocycles. The number of aryl methyl sites for hydroxylation is 1. The molecule has 0 radical (unpaired) electrons. The summed E-state index contributed by atoms with van der Waals surface area (Å²) < 4.78 is 1.82. The Morgan fingerprint density at radius 2 is 2.03 bits per heavy atom. The zero-order valence-electron chi connectivity index (χ0n) is 19.0. The fraction of sp³-hybridized carbons (Fsp3) is 0.520. The predicted octanol–water partition coefficient (Wildman–Crippen LogP) is 3.00. The fourth-order valence-corrected chi connectivity index (χ4v) is 5.75. The van der Waals surface area contributed by atoms with Gasteiger partial charge in [-0.15, -0.1) is 0 Å². The Labute approximate surface area is 188 Å². The van der Waals surface area contributed by atoms with Gasteiger partial charge in [0.05, 0.1) is 36.6 Å². The molecule has 6 rings (SSSR count). The summed E-state index contributed by atoms with van der Waals surface area (Å²) in [5, 5.41) is 7.58. The number of hydrogen-bond acceptors (Lipinski definition) is 5. The molecule has 166 valence electrons. The molecule has 0 spiro atoms. The van der Waals surface area contributed by atoms with Gasteiger partial charge in [0.1, 0.15) is 5.82 Å². The van der Waals surface area contributed by atoms with Gasteiger partial charge < -0.3 is 10.2 Å². The van der Waals surface area contributed by atoms with Crippen molar-refractivity contribution in [2.75, 3.05) is 24.5 Å². The molecule has 32 heavy (non-hydrogen) atoms. The van der Waals surface area contributed by atoms with Crippen LogP contribution in [0, 0.1) is 24.7 Å². The molecule has 4 atom stereocenters. The van der Waals surface area contributed by atoms with E-state index in [4.69, 9.17) is 4.98 Å². The van der Waals surface area contributed by atoms with Crippen LogP contribution in [0.1, 0.15) is 48.3 Å². The monoisotopic (exact) mass is 430 g/mol. The average molecular weight is 431 g/mol. The number of aromatic nitrogens is 3. The lowest BCUT2D eigenvalue weighted by Gasteiger charge is -2.21. The summed E-state index contributed by atoms with van der Waals surface area (Å²) in [7, 11) is 0. The van der Waals surface area contributed by atoms with Gasteiger partial charge in [-0.2, -0.15) is 5.10 Å². The Morgan fingerprint density at radius 3 is 2.81 bits per heavy atom. The Morgan fingerprint density at radius 1 is 1.22 bits per heavy atom. The summed E-state index contributed by atoms with van der Waals surface area (Å²) in [5.41, 5.74) is 6.51. The van der Waals surface area contributed by atoms with Crippen LogP contribution in [-0.4, -0.2) is 52.1 Å². The molecule has 0 bridgehead atoms. The van der Waals surface area contributed by atoms with Crippen molar-refractivity contribution in [2.45, 2.75) is 46.2 Å². The van der Waals surface area contributed by atoms with Crippen molar-refractivity contribution < 1.29 is 4.79 Å². The maximum atomic E-state index is 12.8. The first-order valence-electron chi connectivity index (χ1n) is 11.8. The minimum absolute atomic E-state index is 0.0249. The number of carbonyl (C=O) groups is 1. The smallest absolute Gasteiger partial charge is 0.255 e. The third kappa shape index (κ3) is 3.26. The van der Waals surface area contributed by atoms with Gasteiger partial charge in [-0.1, -0.05) is 13.0 Å². The molecular weight excluding hydrogens is 400 g/mol. The van der Waals surface area contributed by atoms with E-state index in [0.29, 0.717) is 12.1 Å². The van der Waals surface area contributed by atoms with Crippen LogP contribution in [0.3, 0.4) is 0 Å². The SMILES string of the molecule is CC1=C2CC[C@@H](NC(=O)c3cnn(Cc4ccc(N5C[C@@H]6C(C)[C@@H]6C5)nc4C)c3)C2=NC1. The summed E-state index contributed by atoms with van der Waals surface area (Å²) in [6, 6.07) is 4.31. The number of fused-ring (bicyclic) bond motifs is 2. The minimum Gasteiger partial charge on any atom is -0.356 e. The Balaban J connectivity index is 1.10. The molecule has 2 aromatic rings. The van der Waals surface area contributed by atoms with Gasteiger partial charge in [-0.05, 0) is 67.2 Å². The van der Waals surface area contributed by atoms with Crippen molar-refractivity contribution in [3.05, 3.63) is 52.5 Å². The molecule has 7 nitrogen and oxygen atoms in total. The van der Waals surface area contributed by atoms with Crippen LogP contribution in [0.4, 0.5) is 5.82 Å². The van der Waals surface area contributed by atoms with E-state index in [-0.39, 0.29) is 11.9 Å². The van der Waals surface area contributed by atoms with Crippen LogP contribution in [0.5, 0.6) is 0 Å². The van der Waals surface area contributed by atoms with Gasteiger partial charge >= 0.3 is 0 Å². The summed E-state index contributed by atoms with van der Waals surface area (Å²) in [4.78, 5) is 24.7. The fourth-order valence-electron chi connectivity index (χ4n) is 5.75. The van der Waals surface area contributed by atoms with Gasteiger partial charge in [-0.3, -0.25) is 14.5 Å². The Bertz CT molecular complexity index is 1150. The lowest BCUT2D eigenvalue weighted by molar-refractivity contribution is 0.0947. The van der Waals surface area contributed by atoms with Crippen molar-refractivity contribution in [3.63, 3.8) is 0 Å². The normalized spacial score (nSPS) is 28.1.